The molecule has 2 amide bonds. The Hall–Kier alpha value is -2.48. The lowest BCUT2D eigenvalue weighted by Gasteiger charge is -2.13. The van der Waals surface area contributed by atoms with Crippen LogP contribution in [0.25, 0.3) is 0 Å². The highest BCUT2D eigenvalue weighted by atomic mass is 35.5. The van der Waals surface area contributed by atoms with E-state index in [1.165, 1.54) is 18.7 Å². The number of amides is 2. The van der Waals surface area contributed by atoms with Gasteiger partial charge in [0.25, 0.3) is 0 Å². The predicted octanol–water partition coefficient (Wildman–Crippen LogP) is 5.08. The molecule has 1 atom stereocenters. The largest absolute Gasteiger partial charge is 0.478 e. The summed E-state index contributed by atoms with van der Waals surface area (Å²) in [5.74, 6) is -1.92. The molecule has 0 aliphatic rings. The number of rotatable bonds is 7. The average Bonchev–Trinajstić information content (AvgIpc) is 2.66. The van der Waals surface area contributed by atoms with Gasteiger partial charge in [-0.05, 0) is 56.3 Å². The van der Waals surface area contributed by atoms with Gasteiger partial charge in [0.1, 0.15) is 0 Å². The summed E-state index contributed by atoms with van der Waals surface area (Å²) in [5, 5.41) is 14.6. The number of benzene rings is 2. The van der Waals surface area contributed by atoms with Crippen LogP contribution in [0.5, 0.6) is 0 Å². The van der Waals surface area contributed by atoms with E-state index in [4.69, 9.17) is 28.3 Å². The van der Waals surface area contributed by atoms with Crippen LogP contribution < -0.4 is 10.6 Å². The molecule has 0 fully saturated rings. The molecule has 0 aliphatic heterocycles. The average molecular weight is 453 g/mol. The molecule has 2 aromatic rings. The monoisotopic (exact) mass is 452 g/mol. The molecule has 0 radical (unpaired) electrons. The van der Waals surface area contributed by atoms with Crippen molar-refractivity contribution in [3.63, 3.8) is 0 Å². The Kier molecular flexibility index (Phi) is 8.13. The van der Waals surface area contributed by atoms with Crippen molar-refractivity contribution in [2.24, 2.45) is 0 Å². The van der Waals surface area contributed by atoms with Crippen molar-refractivity contribution >= 4 is 64.1 Å². The van der Waals surface area contributed by atoms with Crippen molar-refractivity contribution in [2.75, 3.05) is 10.6 Å². The molecule has 3 N–H and O–H groups in total. The zero-order valence-electron chi connectivity index (χ0n) is 15.5. The van der Waals surface area contributed by atoms with E-state index in [9.17, 15) is 14.4 Å². The minimum atomic E-state index is -1.15. The second kappa shape index (κ2) is 10.3. The fourth-order valence-corrected chi connectivity index (χ4v) is 3.34. The lowest BCUT2D eigenvalue weighted by atomic mass is 10.2. The minimum absolute atomic E-state index is 0.0608. The van der Waals surface area contributed by atoms with Gasteiger partial charge < -0.3 is 15.7 Å². The van der Waals surface area contributed by atoms with Gasteiger partial charge in [0.2, 0.25) is 11.8 Å². The standard InChI is InChI=1S/C20H18Cl2N2O4S/c1-11(20(27)28)9-18(25)23-14-4-6-15(7-5-14)29-12(2)19(26)24-17-10-13(21)3-8-16(17)22/h3-10,12H,1-2H3,(H,23,25)(H,24,26)(H,27,28)/b11-9+/t12-/m0/s1. The summed E-state index contributed by atoms with van der Waals surface area (Å²) in [6.07, 6.45) is 1.01. The number of hydrogen-bond donors (Lipinski definition) is 3. The van der Waals surface area contributed by atoms with Crippen LogP contribution in [0, 0.1) is 0 Å². The molecule has 152 valence electrons. The van der Waals surface area contributed by atoms with Crippen molar-refractivity contribution in [3.05, 3.63) is 64.2 Å². The minimum Gasteiger partial charge on any atom is -0.478 e. The number of carbonyl (C=O) groups excluding carboxylic acids is 2. The topological polar surface area (TPSA) is 95.5 Å². The molecule has 2 aromatic carbocycles. The molecule has 0 aromatic heterocycles. The summed E-state index contributed by atoms with van der Waals surface area (Å²) in [4.78, 5) is 35.7. The molecule has 0 saturated heterocycles. The summed E-state index contributed by atoms with van der Waals surface area (Å²) in [6.45, 7) is 3.10. The first-order chi connectivity index (χ1) is 13.7. The SMILES string of the molecule is C/C(=C\C(=O)Nc1ccc(S[C@@H](C)C(=O)Nc2cc(Cl)ccc2Cl)cc1)C(=O)O. The lowest BCUT2D eigenvalue weighted by molar-refractivity contribution is -0.132. The molecular formula is C20H18Cl2N2O4S. The third-order valence-corrected chi connectivity index (χ3v) is 5.35. The second-order valence-electron chi connectivity index (χ2n) is 6.02. The zero-order valence-corrected chi connectivity index (χ0v) is 17.9. The van der Waals surface area contributed by atoms with Gasteiger partial charge >= 0.3 is 5.97 Å². The van der Waals surface area contributed by atoms with Gasteiger partial charge in [-0.2, -0.15) is 0 Å². The van der Waals surface area contributed by atoms with E-state index in [1.807, 2.05) is 0 Å². The van der Waals surface area contributed by atoms with Gasteiger partial charge in [0.15, 0.2) is 0 Å². The molecule has 0 unspecified atom stereocenters. The van der Waals surface area contributed by atoms with E-state index in [1.54, 1.807) is 49.4 Å². The van der Waals surface area contributed by atoms with Gasteiger partial charge in [-0.25, -0.2) is 4.79 Å². The number of halogens is 2. The summed E-state index contributed by atoms with van der Waals surface area (Å²) in [6, 6.07) is 11.7. The maximum Gasteiger partial charge on any atom is 0.331 e. The fourth-order valence-electron chi connectivity index (χ4n) is 2.14. The maximum absolute atomic E-state index is 12.4. The molecule has 0 spiro atoms. The van der Waals surface area contributed by atoms with Crippen LogP contribution >= 0.6 is 35.0 Å². The highest BCUT2D eigenvalue weighted by molar-refractivity contribution is 8.00. The van der Waals surface area contributed by atoms with Crippen LogP contribution in [-0.4, -0.2) is 28.1 Å². The van der Waals surface area contributed by atoms with Gasteiger partial charge in [-0.1, -0.05) is 23.2 Å². The smallest absolute Gasteiger partial charge is 0.331 e. The van der Waals surface area contributed by atoms with E-state index in [0.717, 1.165) is 11.0 Å². The molecule has 9 heteroatoms. The van der Waals surface area contributed by atoms with Gasteiger partial charge in [-0.3, -0.25) is 9.59 Å². The van der Waals surface area contributed by atoms with Crippen LogP contribution in [-0.2, 0) is 14.4 Å². The summed E-state index contributed by atoms with van der Waals surface area (Å²) in [7, 11) is 0. The molecule has 6 nitrogen and oxygen atoms in total. The number of hydrogen-bond acceptors (Lipinski definition) is 4. The zero-order chi connectivity index (χ0) is 21.6. The summed E-state index contributed by atoms with van der Waals surface area (Å²) < 4.78 is 0. The Morgan fingerprint density at radius 3 is 2.34 bits per heavy atom. The Bertz CT molecular complexity index is 961. The molecule has 29 heavy (non-hydrogen) atoms. The van der Waals surface area contributed by atoms with E-state index >= 15 is 0 Å². The Morgan fingerprint density at radius 2 is 1.72 bits per heavy atom. The Morgan fingerprint density at radius 1 is 1.07 bits per heavy atom. The number of carbonyl (C=O) groups is 3. The van der Waals surface area contributed by atoms with Gasteiger partial charge in [-0.15, -0.1) is 11.8 Å². The van der Waals surface area contributed by atoms with Crippen LogP contribution in [0.4, 0.5) is 11.4 Å². The summed E-state index contributed by atoms with van der Waals surface area (Å²) >= 11 is 13.3. The Balaban J connectivity index is 1.95. The van der Waals surface area contributed by atoms with Crippen LogP contribution in [0.3, 0.4) is 0 Å². The first-order valence-corrected chi connectivity index (χ1v) is 10.0. The van der Waals surface area contributed by atoms with Crippen LogP contribution in [0.2, 0.25) is 10.0 Å². The second-order valence-corrected chi connectivity index (χ2v) is 8.28. The molecular weight excluding hydrogens is 435 g/mol. The number of anilines is 2. The predicted molar refractivity (Wildman–Crippen MR) is 117 cm³/mol. The number of carboxylic acids is 1. The molecule has 0 bridgehead atoms. The third kappa shape index (κ3) is 7.12. The quantitative estimate of drug-likeness (QED) is 0.401. The third-order valence-electron chi connectivity index (χ3n) is 3.68. The van der Waals surface area contributed by atoms with E-state index in [2.05, 4.69) is 10.6 Å². The van der Waals surface area contributed by atoms with Crippen molar-refractivity contribution < 1.29 is 19.5 Å². The number of thioether (sulfide) groups is 1. The first kappa shape index (κ1) is 22.8. The highest BCUT2D eigenvalue weighted by Crippen LogP contribution is 2.28. The molecule has 0 heterocycles. The van der Waals surface area contributed by atoms with E-state index in [-0.39, 0.29) is 11.5 Å². The van der Waals surface area contributed by atoms with Crippen molar-refractivity contribution in [3.8, 4) is 0 Å². The molecule has 2 rings (SSSR count). The number of carboxylic acid groups (broad SMARTS) is 1. The van der Waals surface area contributed by atoms with Crippen molar-refractivity contribution in [1.82, 2.24) is 0 Å². The maximum atomic E-state index is 12.4. The Labute approximate surface area is 182 Å². The highest BCUT2D eigenvalue weighted by Gasteiger charge is 2.16. The van der Waals surface area contributed by atoms with Gasteiger partial charge in [0.05, 0.1) is 16.0 Å². The lowest BCUT2D eigenvalue weighted by Crippen LogP contribution is -2.22. The van der Waals surface area contributed by atoms with Crippen LogP contribution in [0.1, 0.15) is 13.8 Å². The van der Waals surface area contributed by atoms with Crippen molar-refractivity contribution in [1.29, 1.82) is 0 Å². The normalized spacial score (nSPS) is 12.2. The van der Waals surface area contributed by atoms with Crippen LogP contribution in [0.15, 0.2) is 59.0 Å². The number of nitrogens with one attached hydrogen (secondary N) is 2. The van der Waals surface area contributed by atoms with E-state index < -0.39 is 17.1 Å². The molecule has 0 aliphatic carbocycles. The van der Waals surface area contributed by atoms with Gasteiger partial charge in [0, 0.05) is 27.3 Å². The fraction of sp³-hybridized carbons (Fsp3) is 0.150. The van der Waals surface area contributed by atoms with Crippen molar-refractivity contribution in [2.45, 2.75) is 24.0 Å². The number of aliphatic carboxylic acids is 1. The first-order valence-electron chi connectivity index (χ1n) is 8.41. The van der Waals surface area contributed by atoms with E-state index in [0.29, 0.717) is 21.4 Å². The summed E-state index contributed by atoms with van der Waals surface area (Å²) in [5.41, 5.74) is 0.894. The molecule has 0 saturated carbocycles.